The highest BCUT2D eigenvalue weighted by molar-refractivity contribution is 4.90. The summed E-state index contributed by atoms with van der Waals surface area (Å²) in [5.41, 5.74) is 0. The van der Waals surface area contributed by atoms with Crippen molar-refractivity contribution in [3.05, 3.63) is 0 Å². The lowest BCUT2D eigenvalue weighted by Crippen LogP contribution is -2.60. The second-order valence-electron chi connectivity index (χ2n) is 5.79. The van der Waals surface area contributed by atoms with Gasteiger partial charge >= 0.3 is 0 Å². The number of aliphatic hydroxyl groups is 3. The molecule has 1 heterocycles. The molecule has 0 aromatic heterocycles. The molecule has 20 heavy (non-hydrogen) atoms. The number of nitrogens with one attached hydrogen (secondary N) is 1. The third-order valence-electron chi connectivity index (χ3n) is 3.35. The van der Waals surface area contributed by atoms with Crippen LogP contribution in [0, 0.1) is 5.92 Å². The van der Waals surface area contributed by atoms with Crippen LogP contribution in [0.1, 0.15) is 33.6 Å². The molecule has 0 aromatic rings. The standard InChI is InChI=1S/C14H29NO5/c1-4-5-6-19-14-13(18)12(17)11(16)10(20-14)8-15-7-9(2)3/h9-18H,4-8H2,1-3H3/t10-,11-,12+,13-,14?/m1/s1. The SMILES string of the molecule is CCCCOC1O[C@H](CNCC(C)C)[C@@H](O)[C@H](O)[C@H]1O. The van der Waals surface area contributed by atoms with Crippen molar-refractivity contribution in [1.82, 2.24) is 5.32 Å². The van der Waals surface area contributed by atoms with Crippen LogP contribution in [0.25, 0.3) is 0 Å². The van der Waals surface area contributed by atoms with Crippen molar-refractivity contribution in [1.29, 1.82) is 0 Å². The maximum Gasteiger partial charge on any atom is 0.186 e. The summed E-state index contributed by atoms with van der Waals surface area (Å²) in [4.78, 5) is 0. The quantitative estimate of drug-likeness (QED) is 0.465. The summed E-state index contributed by atoms with van der Waals surface area (Å²) >= 11 is 0. The first-order chi connectivity index (χ1) is 9.47. The van der Waals surface area contributed by atoms with Crippen LogP contribution >= 0.6 is 0 Å². The molecular formula is C14H29NO5. The zero-order chi connectivity index (χ0) is 15.1. The Morgan fingerprint density at radius 2 is 1.85 bits per heavy atom. The normalized spacial score (nSPS) is 34.6. The largest absolute Gasteiger partial charge is 0.388 e. The second kappa shape index (κ2) is 8.92. The zero-order valence-electron chi connectivity index (χ0n) is 12.7. The van der Waals surface area contributed by atoms with Crippen LogP contribution in [0.15, 0.2) is 0 Å². The van der Waals surface area contributed by atoms with Crippen LogP contribution in [0.2, 0.25) is 0 Å². The van der Waals surface area contributed by atoms with Crippen molar-refractivity contribution in [2.24, 2.45) is 5.92 Å². The van der Waals surface area contributed by atoms with Crippen molar-refractivity contribution >= 4 is 0 Å². The van der Waals surface area contributed by atoms with Gasteiger partial charge < -0.3 is 30.1 Å². The van der Waals surface area contributed by atoms with E-state index >= 15 is 0 Å². The van der Waals surface area contributed by atoms with Crippen LogP contribution in [0.4, 0.5) is 0 Å². The number of hydrogen-bond acceptors (Lipinski definition) is 6. The lowest BCUT2D eigenvalue weighted by atomic mass is 9.98. The summed E-state index contributed by atoms with van der Waals surface area (Å²) in [6, 6.07) is 0. The molecule has 0 radical (unpaired) electrons. The van der Waals surface area contributed by atoms with Crippen molar-refractivity contribution in [3.63, 3.8) is 0 Å². The maximum absolute atomic E-state index is 9.93. The van der Waals surface area contributed by atoms with Crippen LogP contribution in [-0.4, -0.2) is 65.7 Å². The first kappa shape index (κ1) is 17.8. The average molecular weight is 291 g/mol. The fourth-order valence-electron chi connectivity index (χ4n) is 2.08. The molecule has 6 nitrogen and oxygen atoms in total. The molecule has 0 amide bonds. The van der Waals surface area contributed by atoms with Gasteiger partial charge in [-0.15, -0.1) is 0 Å². The third-order valence-corrected chi connectivity index (χ3v) is 3.35. The molecule has 5 atom stereocenters. The van der Waals surface area contributed by atoms with E-state index in [1.165, 1.54) is 0 Å². The van der Waals surface area contributed by atoms with E-state index in [1.54, 1.807) is 0 Å². The Kier molecular flexibility index (Phi) is 7.94. The molecular weight excluding hydrogens is 262 g/mol. The highest BCUT2D eigenvalue weighted by Crippen LogP contribution is 2.22. The van der Waals surface area contributed by atoms with E-state index in [0.29, 0.717) is 19.1 Å². The molecule has 0 saturated carbocycles. The Morgan fingerprint density at radius 1 is 1.15 bits per heavy atom. The van der Waals surface area contributed by atoms with Crippen LogP contribution in [0.5, 0.6) is 0 Å². The van der Waals surface area contributed by atoms with E-state index < -0.39 is 30.7 Å². The summed E-state index contributed by atoms with van der Waals surface area (Å²) in [6.07, 6.45) is -3.21. The summed E-state index contributed by atoms with van der Waals surface area (Å²) in [5.74, 6) is 0.489. The Labute approximate surface area is 121 Å². The van der Waals surface area contributed by atoms with E-state index in [1.807, 2.05) is 6.92 Å². The zero-order valence-corrected chi connectivity index (χ0v) is 12.7. The van der Waals surface area contributed by atoms with E-state index in [9.17, 15) is 15.3 Å². The Hall–Kier alpha value is -0.240. The molecule has 1 fully saturated rings. The fraction of sp³-hybridized carbons (Fsp3) is 1.00. The van der Waals surface area contributed by atoms with Gasteiger partial charge in [0.15, 0.2) is 6.29 Å². The summed E-state index contributed by atoms with van der Waals surface area (Å²) in [6.45, 7) is 7.89. The number of rotatable bonds is 8. The molecule has 0 bridgehead atoms. The number of hydrogen-bond donors (Lipinski definition) is 4. The Bertz CT molecular complexity index is 264. The highest BCUT2D eigenvalue weighted by Gasteiger charge is 2.43. The van der Waals surface area contributed by atoms with Gasteiger partial charge in [0.25, 0.3) is 0 Å². The summed E-state index contributed by atoms with van der Waals surface area (Å²) in [5, 5.41) is 32.8. The predicted molar refractivity (Wildman–Crippen MR) is 75.2 cm³/mol. The minimum Gasteiger partial charge on any atom is -0.388 e. The predicted octanol–water partition coefficient (Wildman–Crippen LogP) is -0.144. The first-order valence-electron chi connectivity index (χ1n) is 7.49. The van der Waals surface area contributed by atoms with Gasteiger partial charge in [-0.25, -0.2) is 0 Å². The number of aliphatic hydroxyl groups excluding tert-OH is 3. The van der Waals surface area contributed by atoms with Gasteiger partial charge in [-0.2, -0.15) is 0 Å². The first-order valence-corrected chi connectivity index (χ1v) is 7.49. The van der Waals surface area contributed by atoms with Crippen LogP contribution < -0.4 is 5.32 Å². The number of ether oxygens (including phenoxy) is 2. The molecule has 6 heteroatoms. The van der Waals surface area contributed by atoms with E-state index in [0.717, 1.165) is 19.4 Å². The van der Waals surface area contributed by atoms with Gasteiger partial charge in [-0.3, -0.25) is 0 Å². The Balaban J connectivity index is 2.47. The molecule has 1 unspecified atom stereocenters. The highest BCUT2D eigenvalue weighted by atomic mass is 16.7. The van der Waals surface area contributed by atoms with Gasteiger partial charge in [-0.05, 0) is 18.9 Å². The van der Waals surface area contributed by atoms with Crippen LogP contribution in [-0.2, 0) is 9.47 Å². The number of unbranched alkanes of at least 4 members (excludes halogenated alkanes) is 1. The van der Waals surface area contributed by atoms with Gasteiger partial charge in [0.2, 0.25) is 0 Å². The minimum atomic E-state index is -1.25. The van der Waals surface area contributed by atoms with Gasteiger partial charge in [0, 0.05) is 13.2 Å². The fourth-order valence-corrected chi connectivity index (χ4v) is 2.08. The van der Waals surface area contributed by atoms with Gasteiger partial charge in [0.1, 0.15) is 24.4 Å². The summed E-state index contributed by atoms with van der Waals surface area (Å²) in [7, 11) is 0. The van der Waals surface area contributed by atoms with Gasteiger partial charge in [0.05, 0.1) is 0 Å². The Morgan fingerprint density at radius 3 is 2.45 bits per heavy atom. The molecule has 1 saturated heterocycles. The van der Waals surface area contributed by atoms with Crippen molar-refractivity contribution in [2.45, 2.75) is 64.3 Å². The molecule has 1 aliphatic heterocycles. The van der Waals surface area contributed by atoms with Crippen molar-refractivity contribution < 1.29 is 24.8 Å². The summed E-state index contributed by atoms with van der Waals surface area (Å²) < 4.78 is 11.0. The molecule has 1 rings (SSSR count). The van der Waals surface area contributed by atoms with Crippen molar-refractivity contribution in [3.8, 4) is 0 Å². The molecule has 120 valence electrons. The molecule has 0 aliphatic carbocycles. The average Bonchev–Trinajstić information content (AvgIpc) is 2.40. The van der Waals surface area contributed by atoms with Crippen molar-refractivity contribution in [2.75, 3.05) is 19.7 Å². The molecule has 0 aromatic carbocycles. The van der Waals surface area contributed by atoms with Crippen LogP contribution in [0.3, 0.4) is 0 Å². The monoisotopic (exact) mass is 291 g/mol. The molecule has 0 spiro atoms. The molecule has 1 aliphatic rings. The van der Waals surface area contributed by atoms with E-state index in [-0.39, 0.29) is 0 Å². The maximum atomic E-state index is 9.93. The van der Waals surface area contributed by atoms with E-state index in [4.69, 9.17) is 9.47 Å². The van der Waals surface area contributed by atoms with Gasteiger partial charge in [-0.1, -0.05) is 27.2 Å². The minimum absolute atomic E-state index is 0.413. The topological polar surface area (TPSA) is 91.2 Å². The van der Waals surface area contributed by atoms with E-state index in [2.05, 4.69) is 19.2 Å². The molecule has 4 N–H and O–H groups in total. The second-order valence-corrected chi connectivity index (χ2v) is 5.79. The third kappa shape index (κ3) is 5.27. The lowest BCUT2D eigenvalue weighted by molar-refractivity contribution is -0.295. The lowest BCUT2D eigenvalue weighted by Gasteiger charge is -2.40. The smallest absolute Gasteiger partial charge is 0.186 e.